The molecule has 1 aliphatic carbocycles. The summed E-state index contributed by atoms with van der Waals surface area (Å²) in [6, 6.07) is 5.90. The zero-order valence-corrected chi connectivity index (χ0v) is 15.7. The summed E-state index contributed by atoms with van der Waals surface area (Å²) in [5, 5.41) is 6.35. The monoisotopic (exact) mass is 390 g/mol. The van der Waals surface area contributed by atoms with E-state index in [1.54, 1.807) is 6.07 Å². The second kappa shape index (κ2) is 8.17. The lowest BCUT2D eigenvalue weighted by molar-refractivity contribution is -0.137. The molecule has 1 aromatic rings. The normalized spacial score (nSPS) is 24.9. The predicted molar refractivity (Wildman–Crippen MR) is 97.4 cm³/mol. The molecule has 3 nitrogen and oxygen atoms in total. The Morgan fingerprint density at radius 3 is 2.65 bits per heavy atom. The second-order valence-electron chi connectivity index (χ2n) is 7.51. The van der Waals surface area contributed by atoms with Gasteiger partial charge in [0.25, 0.3) is 0 Å². The summed E-state index contributed by atoms with van der Waals surface area (Å²) in [5.74, 6) is 0.0292. The average molecular weight is 391 g/mol. The number of rotatable bonds is 4. The summed E-state index contributed by atoms with van der Waals surface area (Å²) in [5.41, 5.74) is -0.280. The van der Waals surface area contributed by atoms with Crippen molar-refractivity contribution < 1.29 is 18.0 Å². The Hall–Kier alpha value is -1.27. The second-order valence-corrected chi connectivity index (χ2v) is 7.51. The molecule has 3 rings (SSSR count). The molecular formula is C19H26ClF3N2O. The number of halogens is 4. The molecule has 1 aliphatic heterocycles. The molecule has 0 spiro atoms. The van der Waals surface area contributed by atoms with E-state index in [1.807, 2.05) is 0 Å². The smallest absolute Gasteiger partial charge is 0.355 e. The summed E-state index contributed by atoms with van der Waals surface area (Å²) >= 11 is 0. The number of carbonyl (C=O) groups is 1. The third kappa shape index (κ3) is 4.52. The molecule has 26 heavy (non-hydrogen) atoms. The van der Waals surface area contributed by atoms with Crippen molar-refractivity contribution >= 4 is 18.3 Å². The fourth-order valence-electron chi connectivity index (χ4n) is 3.97. The average Bonchev–Trinajstić information content (AvgIpc) is 2.53. The van der Waals surface area contributed by atoms with Gasteiger partial charge >= 0.3 is 6.18 Å². The molecule has 1 saturated carbocycles. The van der Waals surface area contributed by atoms with E-state index in [0.717, 1.165) is 44.7 Å². The molecule has 0 unspecified atom stereocenters. The number of alkyl halides is 3. The van der Waals surface area contributed by atoms with Crippen LogP contribution in [-0.2, 0) is 16.4 Å². The fourth-order valence-corrected chi connectivity index (χ4v) is 3.97. The van der Waals surface area contributed by atoms with Gasteiger partial charge in [0.1, 0.15) is 0 Å². The first-order chi connectivity index (χ1) is 11.8. The van der Waals surface area contributed by atoms with E-state index in [-0.39, 0.29) is 29.6 Å². The lowest BCUT2D eigenvalue weighted by Gasteiger charge is -2.43. The van der Waals surface area contributed by atoms with E-state index in [9.17, 15) is 18.0 Å². The van der Waals surface area contributed by atoms with Crippen molar-refractivity contribution in [2.24, 2.45) is 5.92 Å². The van der Waals surface area contributed by atoms with Gasteiger partial charge in [0.15, 0.2) is 0 Å². The summed E-state index contributed by atoms with van der Waals surface area (Å²) < 4.78 is 39.0. The molecule has 0 aromatic heterocycles. The van der Waals surface area contributed by atoms with E-state index in [2.05, 4.69) is 17.6 Å². The van der Waals surface area contributed by atoms with Crippen molar-refractivity contribution in [1.29, 1.82) is 0 Å². The molecule has 1 amide bonds. The number of nitrogens with one attached hydrogen (secondary N) is 2. The number of carbonyl (C=O) groups excluding carboxylic acids is 1. The van der Waals surface area contributed by atoms with Crippen LogP contribution < -0.4 is 10.6 Å². The molecule has 2 fully saturated rings. The Morgan fingerprint density at radius 2 is 2.08 bits per heavy atom. The topological polar surface area (TPSA) is 41.1 Å². The van der Waals surface area contributed by atoms with Gasteiger partial charge in [0.2, 0.25) is 5.91 Å². The van der Waals surface area contributed by atoms with E-state index < -0.39 is 11.7 Å². The summed E-state index contributed by atoms with van der Waals surface area (Å²) in [6.07, 6.45) is -0.102. The zero-order valence-electron chi connectivity index (χ0n) is 14.9. The molecular weight excluding hydrogens is 365 g/mol. The summed E-state index contributed by atoms with van der Waals surface area (Å²) in [6.45, 7) is 3.32. The van der Waals surface area contributed by atoms with Crippen molar-refractivity contribution in [2.75, 3.05) is 13.1 Å². The van der Waals surface area contributed by atoms with Gasteiger partial charge in [-0.1, -0.05) is 24.6 Å². The molecule has 1 saturated heterocycles. The van der Waals surface area contributed by atoms with Gasteiger partial charge in [-0.2, -0.15) is 13.2 Å². The summed E-state index contributed by atoms with van der Waals surface area (Å²) in [7, 11) is 0. The van der Waals surface area contributed by atoms with Crippen molar-refractivity contribution in [3.8, 4) is 0 Å². The number of hydrogen-bond acceptors (Lipinski definition) is 2. The van der Waals surface area contributed by atoms with Crippen LogP contribution in [0.3, 0.4) is 0 Å². The maximum atomic E-state index is 13.0. The Balaban J connectivity index is 0.00000243. The summed E-state index contributed by atoms with van der Waals surface area (Å²) in [4.78, 5) is 12.5. The fraction of sp³-hybridized carbons (Fsp3) is 0.632. The Morgan fingerprint density at radius 1 is 1.35 bits per heavy atom. The predicted octanol–water partition coefficient (Wildman–Crippen LogP) is 4.05. The van der Waals surface area contributed by atoms with Crippen LogP contribution in [0, 0.1) is 5.92 Å². The Kier molecular flexibility index (Phi) is 6.61. The van der Waals surface area contributed by atoms with E-state index in [0.29, 0.717) is 18.2 Å². The first kappa shape index (κ1) is 21.0. The van der Waals surface area contributed by atoms with Crippen LogP contribution in [-0.4, -0.2) is 25.0 Å². The van der Waals surface area contributed by atoms with Crippen LogP contribution in [0.4, 0.5) is 13.2 Å². The van der Waals surface area contributed by atoms with Gasteiger partial charge in [-0.15, -0.1) is 12.4 Å². The van der Waals surface area contributed by atoms with Gasteiger partial charge in [-0.25, -0.2) is 0 Å². The highest BCUT2D eigenvalue weighted by atomic mass is 35.5. The van der Waals surface area contributed by atoms with E-state index in [4.69, 9.17) is 0 Å². The molecule has 2 atom stereocenters. The SMILES string of the molecule is C[C@H]1C[C@@H](C(=O)NCC2(c3cccc(C(F)(F)F)c3)CCC2)CCN1.Cl. The minimum atomic E-state index is -4.34. The molecule has 146 valence electrons. The van der Waals surface area contributed by atoms with Crippen molar-refractivity contribution in [3.05, 3.63) is 35.4 Å². The Labute approximate surface area is 158 Å². The standard InChI is InChI=1S/C19H25F3N2O.ClH/c1-13-10-14(6-9-23-13)17(25)24-12-18(7-3-8-18)15-4-2-5-16(11-15)19(20,21)22;/h2,4-5,11,13-14,23H,3,6-10,12H2,1H3,(H,24,25);1H/t13-,14-;/m0./s1. The maximum Gasteiger partial charge on any atom is 0.416 e. The lowest BCUT2D eigenvalue weighted by Crippen LogP contribution is -2.49. The minimum absolute atomic E-state index is 0. The van der Waals surface area contributed by atoms with E-state index in [1.165, 1.54) is 12.1 Å². The van der Waals surface area contributed by atoms with Gasteiger partial charge in [0, 0.05) is 23.9 Å². The first-order valence-electron chi connectivity index (χ1n) is 8.99. The number of benzene rings is 1. The largest absolute Gasteiger partial charge is 0.416 e. The lowest BCUT2D eigenvalue weighted by atomic mass is 9.64. The van der Waals surface area contributed by atoms with Crippen molar-refractivity contribution in [1.82, 2.24) is 10.6 Å². The molecule has 0 bridgehead atoms. The van der Waals surface area contributed by atoms with Crippen LogP contribution in [0.1, 0.15) is 50.2 Å². The Bertz CT molecular complexity index is 631. The third-order valence-electron chi connectivity index (χ3n) is 5.71. The highest BCUT2D eigenvalue weighted by Gasteiger charge is 2.41. The van der Waals surface area contributed by atoms with Crippen LogP contribution in [0.2, 0.25) is 0 Å². The molecule has 0 radical (unpaired) electrons. The molecule has 2 aliphatic rings. The number of hydrogen-bond donors (Lipinski definition) is 2. The first-order valence-corrected chi connectivity index (χ1v) is 8.99. The molecule has 7 heteroatoms. The van der Waals surface area contributed by atoms with Crippen molar-refractivity contribution in [2.45, 2.75) is 56.7 Å². The van der Waals surface area contributed by atoms with E-state index >= 15 is 0 Å². The van der Waals surface area contributed by atoms with Gasteiger partial charge in [0.05, 0.1) is 5.56 Å². The van der Waals surface area contributed by atoms with Crippen LogP contribution in [0.5, 0.6) is 0 Å². The van der Waals surface area contributed by atoms with Crippen LogP contribution in [0.25, 0.3) is 0 Å². The molecule has 2 N–H and O–H groups in total. The van der Waals surface area contributed by atoms with Crippen molar-refractivity contribution in [3.63, 3.8) is 0 Å². The third-order valence-corrected chi connectivity index (χ3v) is 5.71. The quantitative estimate of drug-likeness (QED) is 0.814. The number of amides is 1. The minimum Gasteiger partial charge on any atom is -0.355 e. The highest BCUT2D eigenvalue weighted by Crippen LogP contribution is 2.44. The van der Waals surface area contributed by atoms with Gasteiger partial charge in [-0.3, -0.25) is 4.79 Å². The van der Waals surface area contributed by atoms with Gasteiger partial charge < -0.3 is 10.6 Å². The molecule has 1 aromatic carbocycles. The van der Waals surface area contributed by atoms with Gasteiger partial charge in [-0.05, 0) is 50.8 Å². The zero-order chi connectivity index (χ0) is 18.1. The highest BCUT2D eigenvalue weighted by molar-refractivity contribution is 5.85. The molecule has 1 heterocycles. The number of piperidine rings is 1. The van der Waals surface area contributed by atoms with Crippen LogP contribution >= 0.6 is 12.4 Å². The maximum absolute atomic E-state index is 13.0. The van der Waals surface area contributed by atoms with Crippen LogP contribution in [0.15, 0.2) is 24.3 Å².